The molecule has 0 saturated carbocycles. The van der Waals surface area contributed by atoms with Gasteiger partial charge < -0.3 is 5.32 Å². The summed E-state index contributed by atoms with van der Waals surface area (Å²) < 4.78 is 0. The van der Waals surface area contributed by atoms with Crippen LogP contribution in [-0.2, 0) is 0 Å². The molecular weight excluding hydrogens is 182 g/mol. The fourth-order valence-corrected chi connectivity index (χ4v) is 1.55. The molecule has 1 atom stereocenters. The molecule has 1 aliphatic rings. The molecule has 0 aromatic heterocycles. The predicted octanol–water partition coefficient (Wildman–Crippen LogP) is 4.05. The van der Waals surface area contributed by atoms with Gasteiger partial charge in [0.1, 0.15) is 0 Å². The summed E-state index contributed by atoms with van der Waals surface area (Å²) in [5.41, 5.74) is 2.57. The van der Waals surface area contributed by atoms with Crippen molar-refractivity contribution in [2.24, 2.45) is 5.92 Å². The maximum absolute atomic E-state index is 3.39. The molecule has 1 nitrogen and oxygen atoms in total. The summed E-state index contributed by atoms with van der Waals surface area (Å²) in [6.45, 7) is 11.5. The topological polar surface area (TPSA) is 12.0 Å². The zero-order chi connectivity index (χ0) is 11.7. The molecule has 0 amide bonds. The van der Waals surface area contributed by atoms with Gasteiger partial charge in [-0.15, -0.1) is 0 Å². The third-order valence-corrected chi connectivity index (χ3v) is 2.21. The molecule has 15 heavy (non-hydrogen) atoms. The molecule has 86 valence electrons. The van der Waals surface area contributed by atoms with Crippen LogP contribution in [0.3, 0.4) is 0 Å². The van der Waals surface area contributed by atoms with E-state index in [1.165, 1.54) is 17.7 Å². The molecule has 1 aliphatic heterocycles. The lowest BCUT2D eigenvalue weighted by molar-refractivity contribution is 0.576. The third kappa shape index (κ3) is 6.16. The molecule has 0 fully saturated rings. The first kappa shape index (κ1) is 14.0. The van der Waals surface area contributed by atoms with E-state index < -0.39 is 0 Å². The third-order valence-electron chi connectivity index (χ3n) is 2.21. The van der Waals surface area contributed by atoms with Crippen LogP contribution in [0, 0.1) is 5.92 Å². The average molecular weight is 207 g/mol. The number of allylic oxidation sites excluding steroid dienone is 5. The van der Waals surface area contributed by atoms with Crippen molar-refractivity contribution >= 4 is 0 Å². The lowest BCUT2D eigenvalue weighted by Gasteiger charge is -2.18. The Bertz CT molecular complexity index is 246. The zero-order valence-electron chi connectivity index (χ0n) is 10.8. The summed E-state index contributed by atoms with van der Waals surface area (Å²) >= 11 is 0. The number of rotatable bonds is 2. The molecule has 0 bridgehead atoms. The quantitative estimate of drug-likeness (QED) is 0.674. The maximum atomic E-state index is 3.39. The molecule has 1 heteroatoms. The van der Waals surface area contributed by atoms with Crippen molar-refractivity contribution in [2.45, 2.75) is 41.0 Å². The van der Waals surface area contributed by atoms with E-state index in [4.69, 9.17) is 0 Å². The van der Waals surface area contributed by atoms with Crippen LogP contribution in [0.2, 0.25) is 0 Å². The smallest absolute Gasteiger partial charge is 0.0304 e. The van der Waals surface area contributed by atoms with E-state index in [9.17, 15) is 0 Å². The van der Waals surface area contributed by atoms with E-state index in [0.29, 0.717) is 5.92 Å². The predicted molar refractivity (Wildman–Crippen MR) is 69.8 cm³/mol. The maximum Gasteiger partial charge on any atom is 0.0304 e. The molecule has 0 aliphatic carbocycles. The van der Waals surface area contributed by atoms with Gasteiger partial charge in [-0.25, -0.2) is 0 Å². The van der Waals surface area contributed by atoms with Gasteiger partial charge in [-0.3, -0.25) is 0 Å². The lowest BCUT2D eigenvalue weighted by Crippen LogP contribution is -2.21. The second-order valence-electron chi connectivity index (χ2n) is 3.70. The van der Waals surface area contributed by atoms with Gasteiger partial charge >= 0.3 is 0 Å². The Morgan fingerprint density at radius 2 is 2.13 bits per heavy atom. The van der Waals surface area contributed by atoms with Gasteiger partial charge in [0.2, 0.25) is 0 Å². The fourth-order valence-electron chi connectivity index (χ4n) is 1.55. The second kappa shape index (κ2) is 8.34. The first-order valence-electron chi connectivity index (χ1n) is 5.99. The van der Waals surface area contributed by atoms with Crippen LogP contribution in [0.25, 0.3) is 0 Å². The van der Waals surface area contributed by atoms with Gasteiger partial charge in [0.15, 0.2) is 0 Å². The van der Waals surface area contributed by atoms with Crippen LogP contribution in [0.15, 0.2) is 35.6 Å². The fraction of sp³-hybridized carbons (Fsp3) is 0.571. The van der Waals surface area contributed by atoms with Crippen LogP contribution in [-0.4, -0.2) is 6.54 Å². The van der Waals surface area contributed by atoms with Gasteiger partial charge in [-0.2, -0.15) is 0 Å². The summed E-state index contributed by atoms with van der Waals surface area (Å²) in [5.74, 6) is 0.714. The normalized spacial score (nSPS) is 21.5. The second-order valence-corrected chi connectivity index (χ2v) is 3.70. The minimum Gasteiger partial charge on any atom is -0.385 e. The van der Waals surface area contributed by atoms with Gasteiger partial charge in [0, 0.05) is 12.2 Å². The van der Waals surface area contributed by atoms with E-state index in [2.05, 4.69) is 43.5 Å². The SMILES string of the molecule is C/C=C\C(C)=C/C1=CC(C)CCN1.CC. The highest BCUT2D eigenvalue weighted by Gasteiger charge is 2.05. The van der Waals surface area contributed by atoms with Crippen molar-refractivity contribution in [1.82, 2.24) is 5.32 Å². The average Bonchev–Trinajstić information content (AvgIpc) is 2.21. The molecule has 0 spiro atoms. The van der Waals surface area contributed by atoms with Crippen molar-refractivity contribution < 1.29 is 0 Å². The van der Waals surface area contributed by atoms with E-state index in [1.807, 2.05) is 20.8 Å². The Hall–Kier alpha value is -0.980. The summed E-state index contributed by atoms with van der Waals surface area (Å²) in [4.78, 5) is 0. The highest BCUT2D eigenvalue weighted by atomic mass is 14.9. The lowest BCUT2D eigenvalue weighted by atomic mass is 10.0. The van der Waals surface area contributed by atoms with Gasteiger partial charge in [-0.1, -0.05) is 39.0 Å². The summed E-state index contributed by atoms with van der Waals surface area (Å²) in [6, 6.07) is 0. The molecule has 1 rings (SSSR count). The highest BCUT2D eigenvalue weighted by Crippen LogP contribution is 2.13. The van der Waals surface area contributed by atoms with Crippen molar-refractivity contribution in [2.75, 3.05) is 6.54 Å². The Labute approximate surface area is 95.0 Å². The summed E-state index contributed by atoms with van der Waals surface area (Å²) in [7, 11) is 0. The van der Waals surface area contributed by atoms with E-state index >= 15 is 0 Å². The minimum atomic E-state index is 0.714. The Morgan fingerprint density at radius 3 is 2.67 bits per heavy atom. The van der Waals surface area contributed by atoms with Gasteiger partial charge in [0.05, 0.1) is 0 Å². The Morgan fingerprint density at radius 1 is 1.47 bits per heavy atom. The van der Waals surface area contributed by atoms with Gasteiger partial charge in [-0.05, 0) is 37.8 Å². The Balaban J connectivity index is 0.000000921. The molecule has 0 aromatic rings. The van der Waals surface area contributed by atoms with Crippen molar-refractivity contribution in [1.29, 1.82) is 0 Å². The van der Waals surface area contributed by atoms with Crippen LogP contribution in [0.1, 0.15) is 41.0 Å². The number of hydrogen-bond donors (Lipinski definition) is 1. The number of hydrogen-bond acceptors (Lipinski definition) is 1. The first-order valence-corrected chi connectivity index (χ1v) is 5.99. The molecule has 0 radical (unpaired) electrons. The van der Waals surface area contributed by atoms with Crippen LogP contribution < -0.4 is 5.32 Å². The van der Waals surface area contributed by atoms with E-state index in [-0.39, 0.29) is 0 Å². The monoisotopic (exact) mass is 207 g/mol. The van der Waals surface area contributed by atoms with Crippen LogP contribution in [0.5, 0.6) is 0 Å². The molecule has 1 N–H and O–H groups in total. The van der Waals surface area contributed by atoms with Crippen LogP contribution in [0.4, 0.5) is 0 Å². The van der Waals surface area contributed by atoms with E-state index in [1.54, 1.807) is 0 Å². The van der Waals surface area contributed by atoms with Crippen LogP contribution >= 0.6 is 0 Å². The minimum absolute atomic E-state index is 0.714. The standard InChI is InChI=1S/C12H19N.C2H6/c1-4-5-10(2)8-12-9-11(3)6-7-13-12;1-2/h4-5,8-9,11,13H,6-7H2,1-3H3;1-2H3/b5-4-,10-8-;. The van der Waals surface area contributed by atoms with Crippen molar-refractivity contribution in [3.8, 4) is 0 Å². The zero-order valence-corrected chi connectivity index (χ0v) is 10.8. The van der Waals surface area contributed by atoms with Crippen molar-refractivity contribution in [3.63, 3.8) is 0 Å². The molecule has 1 heterocycles. The van der Waals surface area contributed by atoms with Gasteiger partial charge in [0.25, 0.3) is 0 Å². The molecule has 0 aromatic carbocycles. The number of nitrogens with one attached hydrogen (secondary N) is 1. The first-order chi connectivity index (χ1) is 7.22. The van der Waals surface area contributed by atoms with Crippen molar-refractivity contribution in [3.05, 3.63) is 35.6 Å². The Kier molecular flexibility index (Phi) is 7.79. The largest absolute Gasteiger partial charge is 0.385 e. The molecule has 0 saturated heterocycles. The summed E-state index contributed by atoms with van der Waals surface area (Å²) in [6.07, 6.45) is 9.95. The van der Waals surface area contributed by atoms with E-state index in [0.717, 1.165) is 6.54 Å². The molecular formula is C14H25N. The summed E-state index contributed by atoms with van der Waals surface area (Å²) in [5, 5.41) is 3.39. The highest BCUT2D eigenvalue weighted by molar-refractivity contribution is 5.28. The molecule has 1 unspecified atom stereocenters.